The lowest BCUT2D eigenvalue weighted by Gasteiger charge is -2.05. The topological polar surface area (TPSA) is 118 Å². The van der Waals surface area contributed by atoms with E-state index in [0.29, 0.717) is 15.7 Å². The van der Waals surface area contributed by atoms with Crippen LogP contribution in [0.3, 0.4) is 0 Å². The Labute approximate surface area is 179 Å². The largest absolute Gasteiger partial charge is 0.462 e. The van der Waals surface area contributed by atoms with Crippen molar-refractivity contribution in [2.24, 2.45) is 0 Å². The highest BCUT2D eigenvalue weighted by molar-refractivity contribution is 7.21. The molecule has 8 nitrogen and oxygen atoms in total. The molecule has 0 spiro atoms. The number of hydrogen-bond acceptors (Lipinski definition) is 9. The number of nitrogens with zero attached hydrogens (tertiary/aromatic N) is 2. The fraction of sp³-hybridized carbons (Fsp3) is 0.200. The molecule has 3 heterocycles. The Balaban J connectivity index is 1.59. The second-order valence-corrected chi connectivity index (χ2v) is 7.71. The zero-order valence-electron chi connectivity index (χ0n) is 16.0. The van der Waals surface area contributed by atoms with Crippen LogP contribution in [-0.2, 0) is 16.1 Å². The molecule has 3 aromatic heterocycles. The molecule has 0 fully saturated rings. The molecular weight excluding hydrogens is 430 g/mol. The number of ether oxygens (including phenoxy) is 2. The van der Waals surface area contributed by atoms with Gasteiger partial charge in [-0.2, -0.15) is 4.98 Å². The van der Waals surface area contributed by atoms with Gasteiger partial charge in [-0.3, -0.25) is 0 Å². The van der Waals surface area contributed by atoms with Crippen molar-refractivity contribution in [3.05, 3.63) is 51.3 Å². The first-order chi connectivity index (χ1) is 14.4. The minimum atomic E-state index is -0.591. The molecule has 0 aliphatic carbocycles. The van der Waals surface area contributed by atoms with Gasteiger partial charge < -0.3 is 19.6 Å². The number of furan rings is 1. The number of fused-ring (bicyclic) bond motifs is 2. The maximum atomic E-state index is 12.5. The van der Waals surface area contributed by atoms with Crippen LogP contribution >= 0.6 is 22.9 Å². The van der Waals surface area contributed by atoms with Gasteiger partial charge in [-0.25, -0.2) is 14.6 Å². The molecule has 4 aromatic rings. The molecule has 0 amide bonds. The second-order valence-electron chi connectivity index (χ2n) is 6.28. The number of aromatic nitrogens is 2. The first kappa shape index (κ1) is 20.1. The Kier molecular flexibility index (Phi) is 5.31. The maximum Gasteiger partial charge on any atom is 0.350 e. The van der Waals surface area contributed by atoms with E-state index >= 15 is 0 Å². The van der Waals surface area contributed by atoms with Crippen molar-refractivity contribution in [3.63, 3.8) is 0 Å². The van der Waals surface area contributed by atoms with Crippen molar-refractivity contribution >= 4 is 61.9 Å². The van der Waals surface area contributed by atoms with Crippen LogP contribution in [0, 0.1) is 6.92 Å². The molecule has 0 saturated carbocycles. The van der Waals surface area contributed by atoms with Crippen LogP contribution in [-0.4, -0.2) is 28.5 Å². The Morgan fingerprint density at radius 3 is 2.70 bits per heavy atom. The van der Waals surface area contributed by atoms with Crippen LogP contribution in [0.5, 0.6) is 0 Å². The molecule has 0 radical (unpaired) electrons. The standard InChI is InChI=1S/C20H16ClN3O5S/c1-3-27-19(25)13-9(2)29-18-14(13)17(22)23-12(24-18)8-28-20(26)16-15(21)10-6-4-5-7-11(10)30-16/h4-7H,3,8H2,1-2H3,(H2,22,23,24). The number of nitrogen functional groups attached to an aromatic ring is 1. The molecule has 0 atom stereocenters. The molecule has 0 unspecified atom stereocenters. The van der Waals surface area contributed by atoms with Gasteiger partial charge in [0.15, 0.2) is 12.4 Å². The fourth-order valence-electron chi connectivity index (χ4n) is 3.04. The number of nitrogens with two attached hydrogens (primary N) is 1. The highest BCUT2D eigenvalue weighted by atomic mass is 35.5. The summed E-state index contributed by atoms with van der Waals surface area (Å²) in [6.07, 6.45) is 0. The zero-order valence-corrected chi connectivity index (χ0v) is 17.6. The van der Waals surface area contributed by atoms with Crippen molar-refractivity contribution in [1.29, 1.82) is 0 Å². The highest BCUT2D eigenvalue weighted by Gasteiger charge is 2.24. The summed E-state index contributed by atoms with van der Waals surface area (Å²) in [5.41, 5.74) is 6.32. The molecule has 0 aliphatic rings. The Morgan fingerprint density at radius 2 is 1.97 bits per heavy atom. The number of halogens is 1. The number of benzene rings is 1. The SMILES string of the molecule is CCOC(=O)c1c(C)oc2nc(COC(=O)c3sc4ccccc4c3Cl)nc(N)c12. The van der Waals surface area contributed by atoms with Gasteiger partial charge in [0, 0.05) is 10.1 Å². The number of esters is 2. The molecule has 0 bridgehead atoms. The second kappa shape index (κ2) is 7.92. The van der Waals surface area contributed by atoms with E-state index in [1.165, 1.54) is 11.3 Å². The predicted octanol–water partition coefficient (Wildman–Crippen LogP) is 4.52. The summed E-state index contributed by atoms with van der Waals surface area (Å²) in [5.74, 6) is -0.676. The van der Waals surface area contributed by atoms with Gasteiger partial charge in [0.05, 0.1) is 17.0 Å². The van der Waals surface area contributed by atoms with E-state index in [1.54, 1.807) is 13.8 Å². The molecule has 4 rings (SSSR count). The van der Waals surface area contributed by atoms with E-state index in [2.05, 4.69) is 9.97 Å². The fourth-order valence-corrected chi connectivity index (χ4v) is 4.44. The maximum absolute atomic E-state index is 12.5. The van der Waals surface area contributed by atoms with Gasteiger partial charge in [0.1, 0.15) is 22.0 Å². The van der Waals surface area contributed by atoms with E-state index in [0.717, 1.165) is 10.1 Å². The average Bonchev–Trinajstić information content (AvgIpc) is 3.23. The van der Waals surface area contributed by atoms with Gasteiger partial charge in [0.2, 0.25) is 5.71 Å². The van der Waals surface area contributed by atoms with Crippen molar-refractivity contribution in [2.45, 2.75) is 20.5 Å². The third kappa shape index (κ3) is 3.46. The van der Waals surface area contributed by atoms with Crippen LogP contribution in [0.15, 0.2) is 28.7 Å². The van der Waals surface area contributed by atoms with Gasteiger partial charge in [-0.1, -0.05) is 29.8 Å². The molecule has 10 heteroatoms. The normalized spacial score (nSPS) is 11.2. The Hall–Kier alpha value is -3.17. The summed E-state index contributed by atoms with van der Waals surface area (Å²) in [4.78, 5) is 33.3. The lowest BCUT2D eigenvalue weighted by molar-refractivity contribution is 0.0467. The zero-order chi connectivity index (χ0) is 21.4. The smallest absolute Gasteiger partial charge is 0.350 e. The van der Waals surface area contributed by atoms with Gasteiger partial charge >= 0.3 is 11.9 Å². The molecule has 1 aromatic carbocycles. The summed E-state index contributed by atoms with van der Waals surface area (Å²) in [6.45, 7) is 3.28. The monoisotopic (exact) mass is 445 g/mol. The van der Waals surface area contributed by atoms with Crippen LogP contribution < -0.4 is 5.73 Å². The molecule has 154 valence electrons. The van der Waals surface area contributed by atoms with E-state index in [1.807, 2.05) is 24.3 Å². The van der Waals surface area contributed by atoms with E-state index in [4.69, 9.17) is 31.2 Å². The third-order valence-corrected chi connectivity index (χ3v) is 5.99. The van der Waals surface area contributed by atoms with Gasteiger partial charge in [-0.15, -0.1) is 11.3 Å². The number of thiophene rings is 1. The van der Waals surface area contributed by atoms with Crippen LogP contribution in [0.1, 0.15) is 38.5 Å². The van der Waals surface area contributed by atoms with Crippen LogP contribution in [0.4, 0.5) is 5.82 Å². The van der Waals surface area contributed by atoms with Crippen LogP contribution in [0.25, 0.3) is 21.2 Å². The molecule has 0 aliphatic heterocycles. The number of carbonyl (C=O) groups is 2. The van der Waals surface area contributed by atoms with Crippen molar-refractivity contribution < 1.29 is 23.5 Å². The summed E-state index contributed by atoms with van der Waals surface area (Å²) >= 11 is 7.56. The van der Waals surface area contributed by atoms with E-state index < -0.39 is 11.9 Å². The van der Waals surface area contributed by atoms with Gasteiger partial charge in [0.25, 0.3) is 0 Å². The van der Waals surface area contributed by atoms with Crippen molar-refractivity contribution in [1.82, 2.24) is 9.97 Å². The lowest BCUT2D eigenvalue weighted by atomic mass is 10.2. The Morgan fingerprint density at radius 1 is 1.20 bits per heavy atom. The third-order valence-electron chi connectivity index (χ3n) is 4.33. The number of anilines is 1. The first-order valence-electron chi connectivity index (χ1n) is 8.97. The van der Waals surface area contributed by atoms with E-state index in [-0.39, 0.29) is 41.5 Å². The predicted molar refractivity (Wildman–Crippen MR) is 113 cm³/mol. The van der Waals surface area contributed by atoms with Crippen molar-refractivity contribution in [2.75, 3.05) is 12.3 Å². The summed E-state index contributed by atoms with van der Waals surface area (Å²) in [6, 6.07) is 7.42. The summed E-state index contributed by atoms with van der Waals surface area (Å²) in [5, 5.41) is 1.40. The summed E-state index contributed by atoms with van der Waals surface area (Å²) in [7, 11) is 0. The molecule has 2 N–H and O–H groups in total. The quantitative estimate of drug-likeness (QED) is 0.445. The minimum absolute atomic E-state index is 0.0332. The highest BCUT2D eigenvalue weighted by Crippen LogP contribution is 2.35. The minimum Gasteiger partial charge on any atom is -0.462 e. The van der Waals surface area contributed by atoms with Crippen molar-refractivity contribution in [3.8, 4) is 0 Å². The molecule has 0 saturated heterocycles. The van der Waals surface area contributed by atoms with Crippen LogP contribution in [0.2, 0.25) is 5.02 Å². The number of aryl methyl sites for hydroxylation is 1. The van der Waals surface area contributed by atoms with E-state index in [9.17, 15) is 9.59 Å². The average molecular weight is 446 g/mol. The molecule has 30 heavy (non-hydrogen) atoms. The molecular formula is C20H16ClN3O5S. The number of carbonyl (C=O) groups excluding carboxylic acids is 2. The first-order valence-corrected chi connectivity index (χ1v) is 10.2. The summed E-state index contributed by atoms with van der Waals surface area (Å²) < 4.78 is 16.8. The van der Waals surface area contributed by atoms with Gasteiger partial charge in [-0.05, 0) is 19.9 Å². The number of hydrogen-bond donors (Lipinski definition) is 1. The Bertz CT molecular complexity index is 1300. The lowest BCUT2D eigenvalue weighted by Crippen LogP contribution is -2.09. The number of rotatable bonds is 5.